The first-order valence-electron chi connectivity index (χ1n) is 2.81. The highest BCUT2D eigenvalue weighted by molar-refractivity contribution is 7.79. The minimum Gasteiger partial charge on any atom is -0.494 e. The largest absolute Gasteiger partial charge is 0.494 e. The number of methoxy groups -OCH3 is 1. The van der Waals surface area contributed by atoms with E-state index in [1.54, 1.807) is 24.9 Å². The molecule has 3 heteroatoms. The van der Waals surface area contributed by atoms with Gasteiger partial charge in [0.1, 0.15) is 5.75 Å². The molecule has 0 N–H and O–H groups in total. The zero-order valence-corrected chi connectivity index (χ0v) is 6.39. The van der Waals surface area contributed by atoms with E-state index in [0.717, 1.165) is 11.3 Å². The van der Waals surface area contributed by atoms with Crippen molar-refractivity contribution in [1.82, 2.24) is 4.98 Å². The smallest absolute Gasteiger partial charge is 0.145 e. The van der Waals surface area contributed by atoms with Crippen molar-refractivity contribution in [2.75, 3.05) is 7.11 Å². The van der Waals surface area contributed by atoms with Gasteiger partial charge in [0, 0.05) is 17.1 Å². The van der Waals surface area contributed by atoms with Gasteiger partial charge in [-0.3, -0.25) is 4.98 Å². The quantitative estimate of drug-likeness (QED) is 0.600. The lowest BCUT2D eigenvalue weighted by molar-refractivity contribution is 0.412. The van der Waals surface area contributed by atoms with Gasteiger partial charge < -0.3 is 4.74 Å². The van der Waals surface area contributed by atoms with Crippen LogP contribution in [-0.2, 0) is 0 Å². The number of nitrogens with zero attached hydrogens (tertiary/aromatic N) is 1. The number of thiocarbonyl (C=S) groups is 1. The number of rotatable bonds is 2. The maximum atomic E-state index is 4.98. The topological polar surface area (TPSA) is 22.1 Å². The molecule has 0 saturated heterocycles. The Kier molecular flexibility index (Phi) is 2.34. The molecule has 0 bridgehead atoms. The highest BCUT2D eigenvalue weighted by Crippen LogP contribution is 2.12. The summed E-state index contributed by atoms with van der Waals surface area (Å²) in [6.07, 6.45) is 3.32. The fourth-order valence-corrected chi connectivity index (χ4v) is 0.853. The van der Waals surface area contributed by atoms with Crippen LogP contribution in [0.15, 0.2) is 18.5 Å². The Labute approximate surface area is 64.9 Å². The SMILES string of the molecule is COc1cnccc1C=S. The zero-order chi connectivity index (χ0) is 7.40. The molecule has 0 aliphatic heterocycles. The van der Waals surface area contributed by atoms with E-state index in [-0.39, 0.29) is 0 Å². The molecule has 1 rings (SSSR count). The molecule has 0 spiro atoms. The standard InChI is InChI=1S/C7H7NOS/c1-9-7-4-8-3-2-6(7)5-10/h2-5H,1H3. The van der Waals surface area contributed by atoms with E-state index >= 15 is 0 Å². The minimum absolute atomic E-state index is 0.720. The highest BCUT2D eigenvalue weighted by atomic mass is 32.1. The molecule has 0 saturated carbocycles. The molecule has 1 aromatic rings. The third-order valence-electron chi connectivity index (χ3n) is 1.16. The van der Waals surface area contributed by atoms with E-state index in [9.17, 15) is 0 Å². The van der Waals surface area contributed by atoms with E-state index in [0.29, 0.717) is 0 Å². The number of hydrogen-bond acceptors (Lipinski definition) is 3. The average Bonchev–Trinajstić information content (AvgIpc) is 2.04. The van der Waals surface area contributed by atoms with Gasteiger partial charge in [-0.05, 0) is 6.07 Å². The van der Waals surface area contributed by atoms with Crippen LogP contribution in [0.3, 0.4) is 0 Å². The second-order valence-corrected chi connectivity index (χ2v) is 1.97. The van der Waals surface area contributed by atoms with Crippen molar-refractivity contribution in [3.05, 3.63) is 24.0 Å². The van der Waals surface area contributed by atoms with Gasteiger partial charge in [0.05, 0.1) is 13.3 Å². The van der Waals surface area contributed by atoms with Crippen molar-refractivity contribution >= 4 is 17.6 Å². The van der Waals surface area contributed by atoms with Crippen molar-refractivity contribution in [2.24, 2.45) is 0 Å². The van der Waals surface area contributed by atoms with Crippen LogP contribution in [0.2, 0.25) is 0 Å². The first kappa shape index (κ1) is 7.15. The van der Waals surface area contributed by atoms with Gasteiger partial charge in [-0.25, -0.2) is 0 Å². The lowest BCUT2D eigenvalue weighted by Crippen LogP contribution is -1.89. The average molecular weight is 153 g/mol. The molecule has 0 radical (unpaired) electrons. The predicted octanol–water partition coefficient (Wildman–Crippen LogP) is 1.44. The fourth-order valence-electron chi connectivity index (χ4n) is 0.659. The van der Waals surface area contributed by atoms with Gasteiger partial charge in [-0.2, -0.15) is 0 Å². The summed E-state index contributed by atoms with van der Waals surface area (Å²) < 4.78 is 4.98. The first-order chi connectivity index (χ1) is 4.88. The van der Waals surface area contributed by atoms with Gasteiger partial charge >= 0.3 is 0 Å². The minimum atomic E-state index is 0.720. The molecule has 0 aromatic carbocycles. The van der Waals surface area contributed by atoms with E-state index in [1.165, 1.54) is 0 Å². The summed E-state index contributed by atoms with van der Waals surface area (Å²) >= 11 is 4.74. The molecule has 0 unspecified atom stereocenters. The summed E-state index contributed by atoms with van der Waals surface area (Å²) in [5, 5.41) is 1.57. The second-order valence-electron chi connectivity index (χ2n) is 1.74. The molecular weight excluding hydrogens is 146 g/mol. The van der Waals surface area contributed by atoms with Crippen LogP contribution in [0.5, 0.6) is 5.75 Å². The Morgan fingerprint density at radius 2 is 2.50 bits per heavy atom. The third kappa shape index (κ3) is 1.30. The summed E-state index contributed by atoms with van der Waals surface area (Å²) in [5.74, 6) is 0.720. The van der Waals surface area contributed by atoms with E-state index in [1.807, 2.05) is 6.07 Å². The van der Waals surface area contributed by atoms with Gasteiger partial charge in [0.25, 0.3) is 0 Å². The van der Waals surface area contributed by atoms with Gasteiger partial charge in [-0.1, -0.05) is 12.2 Å². The molecule has 10 heavy (non-hydrogen) atoms. The Bertz CT molecular complexity index is 237. The van der Waals surface area contributed by atoms with Crippen molar-refractivity contribution in [1.29, 1.82) is 0 Å². The number of aromatic nitrogens is 1. The van der Waals surface area contributed by atoms with Crippen LogP contribution in [0.1, 0.15) is 5.56 Å². The van der Waals surface area contributed by atoms with Crippen LogP contribution >= 0.6 is 12.2 Å². The van der Waals surface area contributed by atoms with Crippen LogP contribution in [0.25, 0.3) is 0 Å². The van der Waals surface area contributed by atoms with Crippen molar-refractivity contribution in [3.8, 4) is 5.75 Å². The van der Waals surface area contributed by atoms with Gasteiger partial charge in [0.15, 0.2) is 0 Å². The van der Waals surface area contributed by atoms with Gasteiger partial charge in [-0.15, -0.1) is 0 Å². The van der Waals surface area contributed by atoms with Crippen LogP contribution in [0.4, 0.5) is 0 Å². The Morgan fingerprint density at radius 3 is 3.00 bits per heavy atom. The monoisotopic (exact) mass is 153 g/mol. The van der Waals surface area contributed by atoms with Gasteiger partial charge in [0.2, 0.25) is 0 Å². The molecule has 2 nitrogen and oxygen atoms in total. The van der Waals surface area contributed by atoms with Crippen molar-refractivity contribution in [3.63, 3.8) is 0 Å². The van der Waals surface area contributed by atoms with E-state index in [2.05, 4.69) is 4.98 Å². The maximum Gasteiger partial charge on any atom is 0.145 e. The molecule has 52 valence electrons. The fraction of sp³-hybridized carbons (Fsp3) is 0.143. The molecule has 0 aliphatic rings. The lowest BCUT2D eigenvalue weighted by Gasteiger charge is -2.00. The van der Waals surface area contributed by atoms with Crippen molar-refractivity contribution in [2.45, 2.75) is 0 Å². The molecule has 1 heterocycles. The van der Waals surface area contributed by atoms with E-state index in [4.69, 9.17) is 17.0 Å². The zero-order valence-electron chi connectivity index (χ0n) is 5.57. The molecule has 0 aliphatic carbocycles. The maximum absolute atomic E-state index is 4.98. The van der Waals surface area contributed by atoms with Crippen LogP contribution < -0.4 is 4.74 Å². The first-order valence-corrected chi connectivity index (χ1v) is 3.29. The van der Waals surface area contributed by atoms with Crippen LogP contribution in [-0.4, -0.2) is 17.5 Å². The molecule has 0 amide bonds. The van der Waals surface area contributed by atoms with E-state index < -0.39 is 0 Å². The Hall–Kier alpha value is -0.960. The Morgan fingerprint density at radius 1 is 1.70 bits per heavy atom. The highest BCUT2D eigenvalue weighted by Gasteiger charge is 1.95. The van der Waals surface area contributed by atoms with Crippen molar-refractivity contribution < 1.29 is 4.74 Å². The second kappa shape index (κ2) is 3.27. The number of pyridine rings is 1. The number of hydrogen-bond donors (Lipinski definition) is 0. The normalized spacial score (nSPS) is 8.90. The summed E-state index contributed by atoms with van der Waals surface area (Å²) in [6, 6.07) is 1.81. The van der Waals surface area contributed by atoms with Crippen LogP contribution in [0, 0.1) is 0 Å². The summed E-state index contributed by atoms with van der Waals surface area (Å²) in [6.45, 7) is 0. The number of ether oxygens (including phenoxy) is 1. The lowest BCUT2D eigenvalue weighted by atomic mass is 10.3. The summed E-state index contributed by atoms with van der Waals surface area (Å²) in [4.78, 5) is 3.87. The molecular formula is C7H7NOS. The summed E-state index contributed by atoms with van der Waals surface area (Å²) in [5.41, 5.74) is 0.896. The molecule has 0 atom stereocenters. The third-order valence-corrected chi connectivity index (χ3v) is 1.42. The summed E-state index contributed by atoms with van der Waals surface area (Å²) in [7, 11) is 1.60. The molecule has 1 aromatic heterocycles. The predicted molar refractivity (Wildman–Crippen MR) is 43.5 cm³/mol. The Balaban J connectivity index is 3.08. The molecule has 0 fully saturated rings.